The quantitative estimate of drug-likeness (QED) is 0.503. The lowest BCUT2D eigenvalue weighted by molar-refractivity contribution is -0.117. The van der Waals surface area contributed by atoms with Crippen molar-refractivity contribution in [2.24, 2.45) is 0 Å². The largest absolute Gasteiger partial charge is 0.508 e. The zero-order valence-electron chi connectivity index (χ0n) is 18.2. The SMILES string of the molecule is COc1ccccc1C1SC(C)C(=O)N1c1nc(-c2cc(C(C)C)c(O)cc2C)cs1. The van der Waals surface area contributed by atoms with E-state index in [1.807, 2.05) is 49.6 Å². The van der Waals surface area contributed by atoms with Gasteiger partial charge in [0, 0.05) is 16.5 Å². The fraction of sp³-hybridized carbons (Fsp3) is 0.333. The van der Waals surface area contributed by atoms with E-state index in [1.54, 1.807) is 29.8 Å². The fourth-order valence-electron chi connectivity index (χ4n) is 3.85. The first kappa shape index (κ1) is 21.7. The molecule has 2 heterocycles. The van der Waals surface area contributed by atoms with Crippen molar-refractivity contribution in [3.05, 3.63) is 58.5 Å². The van der Waals surface area contributed by atoms with Crippen LogP contribution in [0.4, 0.5) is 5.13 Å². The van der Waals surface area contributed by atoms with Crippen LogP contribution in [-0.4, -0.2) is 28.4 Å². The van der Waals surface area contributed by atoms with Crippen molar-refractivity contribution in [3.8, 4) is 22.8 Å². The van der Waals surface area contributed by atoms with Crippen molar-refractivity contribution in [3.63, 3.8) is 0 Å². The number of hydrogen-bond donors (Lipinski definition) is 1. The molecule has 5 nitrogen and oxygen atoms in total. The number of aromatic hydroxyl groups is 1. The van der Waals surface area contributed by atoms with Gasteiger partial charge >= 0.3 is 0 Å². The minimum Gasteiger partial charge on any atom is -0.508 e. The maximum atomic E-state index is 13.1. The lowest BCUT2D eigenvalue weighted by Gasteiger charge is -2.23. The Labute approximate surface area is 191 Å². The number of nitrogens with zero attached hydrogens (tertiary/aromatic N) is 2. The van der Waals surface area contributed by atoms with Crippen molar-refractivity contribution in [1.82, 2.24) is 4.98 Å². The Kier molecular flexibility index (Phi) is 5.99. The van der Waals surface area contributed by atoms with Crippen LogP contribution in [-0.2, 0) is 4.79 Å². The summed E-state index contributed by atoms with van der Waals surface area (Å²) in [5.74, 6) is 1.32. The number of thioether (sulfide) groups is 1. The molecule has 2 atom stereocenters. The number of amides is 1. The number of para-hydroxylation sites is 1. The van der Waals surface area contributed by atoms with Crippen LogP contribution in [0.1, 0.15) is 48.8 Å². The van der Waals surface area contributed by atoms with Gasteiger partial charge in [-0.1, -0.05) is 32.0 Å². The molecule has 1 N–H and O–H groups in total. The Morgan fingerprint density at radius 3 is 2.68 bits per heavy atom. The Balaban J connectivity index is 1.75. The first-order valence-electron chi connectivity index (χ1n) is 10.2. The lowest BCUT2D eigenvalue weighted by atomic mass is 9.95. The molecule has 4 rings (SSSR count). The van der Waals surface area contributed by atoms with Gasteiger partial charge in [-0.05, 0) is 49.1 Å². The summed E-state index contributed by atoms with van der Waals surface area (Å²) in [7, 11) is 1.65. The lowest BCUT2D eigenvalue weighted by Crippen LogP contribution is -2.30. The third-order valence-electron chi connectivity index (χ3n) is 5.53. The molecule has 0 spiro atoms. The molecule has 1 fully saturated rings. The number of aryl methyl sites for hydroxylation is 1. The number of phenolic OH excluding ortho intramolecular Hbond substituents is 1. The summed E-state index contributed by atoms with van der Waals surface area (Å²) >= 11 is 3.07. The van der Waals surface area contributed by atoms with Crippen molar-refractivity contribution < 1.29 is 14.6 Å². The molecule has 0 bridgehead atoms. The third-order valence-corrected chi connectivity index (χ3v) is 7.70. The molecule has 162 valence electrons. The van der Waals surface area contributed by atoms with Crippen LogP contribution < -0.4 is 9.64 Å². The molecule has 1 aromatic heterocycles. The van der Waals surface area contributed by atoms with E-state index in [2.05, 4.69) is 13.8 Å². The summed E-state index contributed by atoms with van der Waals surface area (Å²) in [4.78, 5) is 19.7. The zero-order valence-corrected chi connectivity index (χ0v) is 19.9. The summed E-state index contributed by atoms with van der Waals surface area (Å²) < 4.78 is 5.56. The molecule has 1 saturated heterocycles. The first-order valence-corrected chi connectivity index (χ1v) is 12.0. The van der Waals surface area contributed by atoms with Gasteiger partial charge in [0.1, 0.15) is 16.9 Å². The Bertz CT molecular complexity index is 1130. The van der Waals surface area contributed by atoms with E-state index in [9.17, 15) is 9.90 Å². The monoisotopic (exact) mass is 454 g/mol. The van der Waals surface area contributed by atoms with Crippen molar-refractivity contribution in [1.29, 1.82) is 0 Å². The van der Waals surface area contributed by atoms with Crippen LogP contribution >= 0.6 is 23.1 Å². The van der Waals surface area contributed by atoms with Crippen LogP contribution in [0.2, 0.25) is 0 Å². The van der Waals surface area contributed by atoms with E-state index >= 15 is 0 Å². The Morgan fingerprint density at radius 2 is 1.97 bits per heavy atom. The van der Waals surface area contributed by atoms with Crippen molar-refractivity contribution in [2.75, 3.05) is 12.0 Å². The molecule has 3 aromatic rings. The zero-order chi connectivity index (χ0) is 22.3. The second kappa shape index (κ2) is 8.55. The van der Waals surface area contributed by atoms with Gasteiger partial charge in [0.05, 0.1) is 18.1 Å². The minimum absolute atomic E-state index is 0.0482. The predicted molar refractivity (Wildman–Crippen MR) is 128 cm³/mol. The van der Waals surface area contributed by atoms with E-state index in [0.29, 0.717) is 10.9 Å². The molecule has 1 aliphatic rings. The normalized spacial score (nSPS) is 18.8. The van der Waals surface area contributed by atoms with Gasteiger partial charge in [-0.2, -0.15) is 0 Å². The number of methoxy groups -OCH3 is 1. The standard InChI is InChI=1S/C24H26N2O3S2/c1-13(2)17-11-18(14(3)10-20(17)27)19-12-30-24(25-19)26-22(28)15(4)31-23(26)16-8-6-7-9-21(16)29-5/h6-13,15,23,27H,1-5H3. The van der Waals surface area contributed by atoms with Gasteiger partial charge in [0.15, 0.2) is 5.13 Å². The number of thiazole rings is 1. The molecule has 0 saturated carbocycles. The number of carbonyl (C=O) groups is 1. The number of hydrogen-bond acceptors (Lipinski definition) is 6. The minimum atomic E-state index is -0.190. The highest BCUT2D eigenvalue weighted by Crippen LogP contribution is 2.49. The van der Waals surface area contributed by atoms with Crippen LogP contribution in [0.25, 0.3) is 11.3 Å². The van der Waals surface area contributed by atoms with E-state index in [1.165, 1.54) is 11.3 Å². The number of benzene rings is 2. The highest BCUT2D eigenvalue weighted by Gasteiger charge is 2.42. The van der Waals surface area contributed by atoms with Crippen molar-refractivity contribution in [2.45, 2.75) is 44.2 Å². The number of ether oxygens (including phenoxy) is 1. The fourth-order valence-corrected chi connectivity index (χ4v) is 6.05. The van der Waals surface area contributed by atoms with Crippen molar-refractivity contribution >= 4 is 34.1 Å². The third kappa shape index (κ3) is 3.92. The second-order valence-electron chi connectivity index (χ2n) is 7.98. The van der Waals surface area contributed by atoms with E-state index in [4.69, 9.17) is 9.72 Å². The summed E-state index contributed by atoms with van der Waals surface area (Å²) in [6.45, 7) is 8.01. The van der Waals surface area contributed by atoms with Crippen LogP contribution in [0.3, 0.4) is 0 Å². The molecular formula is C24H26N2O3S2. The predicted octanol–water partition coefficient (Wildman–Crippen LogP) is 6.12. The van der Waals surface area contributed by atoms with E-state index in [0.717, 1.165) is 33.7 Å². The van der Waals surface area contributed by atoms with Crippen LogP contribution in [0, 0.1) is 6.92 Å². The van der Waals surface area contributed by atoms with Gasteiger partial charge in [-0.3, -0.25) is 9.69 Å². The molecule has 1 amide bonds. The summed E-state index contributed by atoms with van der Waals surface area (Å²) in [5, 5.41) is 12.6. The molecule has 7 heteroatoms. The molecule has 0 radical (unpaired) electrons. The molecule has 2 unspecified atom stereocenters. The number of aromatic nitrogens is 1. The molecule has 31 heavy (non-hydrogen) atoms. The smallest absolute Gasteiger partial charge is 0.242 e. The highest BCUT2D eigenvalue weighted by atomic mass is 32.2. The van der Waals surface area contributed by atoms with Crippen LogP contribution in [0.15, 0.2) is 41.8 Å². The highest BCUT2D eigenvalue weighted by molar-refractivity contribution is 8.01. The summed E-state index contributed by atoms with van der Waals surface area (Å²) in [6.07, 6.45) is 0. The number of carbonyl (C=O) groups excluding carboxylic acids is 1. The maximum absolute atomic E-state index is 13.1. The van der Waals surface area contributed by atoms with E-state index < -0.39 is 0 Å². The maximum Gasteiger partial charge on any atom is 0.242 e. The summed E-state index contributed by atoms with van der Waals surface area (Å²) in [6, 6.07) is 11.6. The van der Waals surface area contributed by atoms with Crippen LogP contribution in [0.5, 0.6) is 11.5 Å². The van der Waals surface area contributed by atoms with Gasteiger partial charge in [0.25, 0.3) is 0 Å². The first-order chi connectivity index (χ1) is 14.8. The van der Waals surface area contributed by atoms with Gasteiger partial charge in [-0.15, -0.1) is 23.1 Å². The molecular weight excluding hydrogens is 428 g/mol. The topological polar surface area (TPSA) is 62.7 Å². The van der Waals surface area contributed by atoms with Gasteiger partial charge in [0.2, 0.25) is 5.91 Å². The average Bonchev–Trinajstić information content (AvgIpc) is 3.32. The summed E-state index contributed by atoms with van der Waals surface area (Å²) in [5.41, 5.74) is 4.60. The number of rotatable bonds is 5. The van der Waals surface area contributed by atoms with Gasteiger partial charge in [-0.25, -0.2) is 4.98 Å². The molecule has 2 aromatic carbocycles. The van der Waals surface area contributed by atoms with E-state index in [-0.39, 0.29) is 22.4 Å². The Hall–Kier alpha value is -2.51. The molecule has 0 aliphatic carbocycles. The second-order valence-corrected chi connectivity index (χ2v) is 10.2. The number of anilines is 1. The van der Waals surface area contributed by atoms with Gasteiger partial charge < -0.3 is 9.84 Å². The molecule has 1 aliphatic heterocycles. The Morgan fingerprint density at radius 1 is 1.23 bits per heavy atom. The average molecular weight is 455 g/mol. The number of phenols is 1.